The van der Waals surface area contributed by atoms with Gasteiger partial charge in [0.15, 0.2) is 5.76 Å². The first-order chi connectivity index (χ1) is 13.0. The van der Waals surface area contributed by atoms with Crippen LogP contribution in [-0.2, 0) is 11.4 Å². The van der Waals surface area contributed by atoms with Crippen LogP contribution in [0.4, 0.5) is 0 Å². The number of furan rings is 1. The fourth-order valence-corrected chi connectivity index (χ4v) is 3.11. The lowest BCUT2D eigenvalue weighted by Crippen LogP contribution is -2.50. The van der Waals surface area contributed by atoms with Crippen molar-refractivity contribution in [3.63, 3.8) is 0 Å². The molecule has 0 saturated carbocycles. The van der Waals surface area contributed by atoms with E-state index >= 15 is 0 Å². The highest BCUT2D eigenvalue weighted by Crippen LogP contribution is 2.20. The number of likely N-dealkylation sites (tertiary alicyclic amines) is 1. The van der Waals surface area contributed by atoms with Crippen molar-refractivity contribution in [2.24, 2.45) is 5.92 Å². The maximum atomic E-state index is 12.9. The molecule has 1 aromatic heterocycles. The molecule has 1 aromatic carbocycles. The van der Waals surface area contributed by atoms with Gasteiger partial charge in [-0.15, -0.1) is 0 Å². The molecule has 1 aliphatic rings. The van der Waals surface area contributed by atoms with Gasteiger partial charge >= 0.3 is 0 Å². The number of para-hydroxylation sites is 1. The molecule has 2 amide bonds. The van der Waals surface area contributed by atoms with Gasteiger partial charge in [-0.2, -0.15) is 0 Å². The number of rotatable bonds is 6. The summed E-state index contributed by atoms with van der Waals surface area (Å²) < 4.78 is 11.2. The molecule has 2 heterocycles. The van der Waals surface area contributed by atoms with E-state index in [1.807, 2.05) is 44.2 Å². The summed E-state index contributed by atoms with van der Waals surface area (Å²) >= 11 is 0. The number of carbonyl (C=O) groups excluding carboxylic acids is 2. The summed E-state index contributed by atoms with van der Waals surface area (Å²) in [5.74, 6) is 0.843. The SMILES string of the molecule is CC(C)C(=O)NC1CCCN(C(=O)c2occc2COc2ccccc2)C1. The third-order valence-corrected chi connectivity index (χ3v) is 4.66. The number of ether oxygens (including phenoxy) is 1. The zero-order valence-electron chi connectivity index (χ0n) is 15.8. The predicted octanol–water partition coefficient (Wildman–Crippen LogP) is 3.24. The Bertz CT molecular complexity index is 769. The van der Waals surface area contributed by atoms with Crippen LogP contribution in [0.1, 0.15) is 42.8 Å². The summed E-state index contributed by atoms with van der Waals surface area (Å²) in [6.07, 6.45) is 3.24. The van der Waals surface area contributed by atoms with Crippen molar-refractivity contribution in [1.82, 2.24) is 10.2 Å². The van der Waals surface area contributed by atoms with Crippen LogP contribution < -0.4 is 10.1 Å². The topological polar surface area (TPSA) is 71.8 Å². The predicted molar refractivity (Wildman–Crippen MR) is 101 cm³/mol. The van der Waals surface area contributed by atoms with E-state index < -0.39 is 0 Å². The third-order valence-electron chi connectivity index (χ3n) is 4.66. The standard InChI is InChI=1S/C21H26N2O4/c1-15(2)20(24)22-17-7-6-11-23(13-17)21(25)19-16(10-12-26-19)14-27-18-8-4-3-5-9-18/h3-5,8-10,12,15,17H,6-7,11,13-14H2,1-2H3,(H,22,24). The largest absolute Gasteiger partial charge is 0.489 e. The van der Waals surface area contributed by atoms with Crippen molar-refractivity contribution in [3.05, 3.63) is 54.0 Å². The smallest absolute Gasteiger partial charge is 0.290 e. The minimum atomic E-state index is -0.157. The highest BCUT2D eigenvalue weighted by molar-refractivity contribution is 5.93. The molecule has 1 atom stereocenters. The van der Waals surface area contributed by atoms with E-state index in [1.165, 1.54) is 6.26 Å². The van der Waals surface area contributed by atoms with E-state index in [-0.39, 0.29) is 30.4 Å². The van der Waals surface area contributed by atoms with E-state index in [0.717, 1.165) is 24.2 Å². The van der Waals surface area contributed by atoms with E-state index in [2.05, 4.69) is 5.32 Å². The normalized spacial score (nSPS) is 17.0. The maximum absolute atomic E-state index is 12.9. The van der Waals surface area contributed by atoms with Gasteiger partial charge < -0.3 is 19.4 Å². The number of nitrogens with one attached hydrogen (secondary N) is 1. The van der Waals surface area contributed by atoms with Gasteiger partial charge in [0, 0.05) is 30.6 Å². The second-order valence-corrected chi connectivity index (χ2v) is 7.13. The number of benzene rings is 1. The van der Waals surface area contributed by atoms with Crippen molar-refractivity contribution in [2.75, 3.05) is 13.1 Å². The molecule has 3 rings (SSSR count). The molecule has 0 spiro atoms. The van der Waals surface area contributed by atoms with Gasteiger partial charge in [0.05, 0.1) is 6.26 Å². The Morgan fingerprint density at radius 3 is 2.78 bits per heavy atom. The van der Waals surface area contributed by atoms with Crippen molar-refractivity contribution >= 4 is 11.8 Å². The van der Waals surface area contributed by atoms with E-state index in [1.54, 1.807) is 11.0 Å². The summed E-state index contributed by atoms with van der Waals surface area (Å²) in [6, 6.07) is 11.2. The van der Waals surface area contributed by atoms with Crippen LogP contribution in [0.3, 0.4) is 0 Å². The van der Waals surface area contributed by atoms with Crippen molar-refractivity contribution in [2.45, 2.75) is 39.3 Å². The minimum absolute atomic E-state index is 0.0171. The first kappa shape index (κ1) is 19.0. The zero-order valence-corrected chi connectivity index (χ0v) is 15.8. The monoisotopic (exact) mass is 370 g/mol. The molecule has 2 aromatic rings. The summed E-state index contributed by atoms with van der Waals surface area (Å²) in [6.45, 7) is 5.15. The van der Waals surface area contributed by atoms with Crippen LogP contribution in [-0.4, -0.2) is 35.8 Å². The van der Waals surface area contributed by atoms with Crippen LogP contribution in [0.2, 0.25) is 0 Å². The molecule has 27 heavy (non-hydrogen) atoms. The van der Waals surface area contributed by atoms with Crippen LogP contribution in [0.15, 0.2) is 47.1 Å². The third kappa shape index (κ3) is 4.90. The van der Waals surface area contributed by atoms with Crippen LogP contribution in [0.25, 0.3) is 0 Å². The Hall–Kier alpha value is -2.76. The number of piperidine rings is 1. The molecule has 6 heteroatoms. The second-order valence-electron chi connectivity index (χ2n) is 7.13. The Morgan fingerprint density at radius 1 is 1.26 bits per heavy atom. The van der Waals surface area contributed by atoms with Crippen molar-refractivity contribution in [1.29, 1.82) is 0 Å². The molecule has 6 nitrogen and oxygen atoms in total. The number of hydrogen-bond acceptors (Lipinski definition) is 4. The molecule has 0 radical (unpaired) electrons. The van der Waals surface area contributed by atoms with E-state index in [9.17, 15) is 9.59 Å². The molecule has 1 N–H and O–H groups in total. The van der Waals surface area contributed by atoms with Crippen molar-refractivity contribution < 1.29 is 18.7 Å². The molecule has 0 bridgehead atoms. The average molecular weight is 370 g/mol. The molecule has 1 unspecified atom stereocenters. The zero-order chi connectivity index (χ0) is 19.2. The number of amides is 2. The second kappa shape index (κ2) is 8.75. The molecule has 1 fully saturated rings. The molecule has 1 aliphatic heterocycles. The van der Waals surface area contributed by atoms with Crippen LogP contribution in [0, 0.1) is 5.92 Å². The summed E-state index contributed by atoms with van der Waals surface area (Å²) in [4.78, 5) is 26.6. The first-order valence-electron chi connectivity index (χ1n) is 9.38. The lowest BCUT2D eigenvalue weighted by molar-refractivity contribution is -0.125. The minimum Gasteiger partial charge on any atom is -0.489 e. The van der Waals surface area contributed by atoms with Crippen LogP contribution in [0.5, 0.6) is 5.75 Å². The molecule has 1 saturated heterocycles. The number of carbonyl (C=O) groups is 2. The molecule has 0 aliphatic carbocycles. The highest BCUT2D eigenvalue weighted by atomic mass is 16.5. The lowest BCUT2D eigenvalue weighted by Gasteiger charge is -2.33. The average Bonchev–Trinajstić information content (AvgIpc) is 3.15. The van der Waals surface area contributed by atoms with Gasteiger partial charge in [-0.3, -0.25) is 9.59 Å². The fourth-order valence-electron chi connectivity index (χ4n) is 3.11. The van der Waals surface area contributed by atoms with Gasteiger partial charge in [-0.1, -0.05) is 32.0 Å². The summed E-state index contributed by atoms with van der Waals surface area (Å²) in [5.41, 5.74) is 0.720. The fraction of sp³-hybridized carbons (Fsp3) is 0.429. The summed E-state index contributed by atoms with van der Waals surface area (Å²) in [5, 5.41) is 3.02. The van der Waals surface area contributed by atoms with Crippen molar-refractivity contribution in [3.8, 4) is 5.75 Å². The van der Waals surface area contributed by atoms with Crippen LogP contribution >= 0.6 is 0 Å². The van der Waals surface area contributed by atoms with Gasteiger partial charge in [0.1, 0.15) is 12.4 Å². The summed E-state index contributed by atoms with van der Waals surface area (Å²) in [7, 11) is 0. The van der Waals surface area contributed by atoms with E-state index in [0.29, 0.717) is 18.8 Å². The van der Waals surface area contributed by atoms with Gasteiger partial charge in [-0.25, -0.2) is 0 Å². The molecule has 144 valence electrons. The Labute approximate surface area is 159 Å². The lowest BCUT2D eigenvalue weighted by atomic mass is 10.0. The van der Waals surface area contributed by atoms with Gasteiger partial charge in [0.25, 0.3) is 5.91 Å². The molecular formula is C21H26N2O4. The number of hydrogen-bond donors (Lipinski definition) is 1. The van der Waals surface area contributed by atoms with Gasteiger partial charge in [-0.05, 0) is 31.0 Å². The maximum Gasteiger partial charge on any atom is 0.290 e. The Kier molecular flexibility index (Phi) is 6.16. The van der Waals surface area contributed by atoms with Gasteiger partial charge in [0.2, 0.25) is 5.91 Å². The quantitative estimate of drug-likeness (QED) is 0.847. The van der Waals surface area contributed by atoms with E-state index in [4.69, 9.17) is 9.15 Å². The highest BCUT2D eigenvalue weighted by Gasteiger charge is 2.28. The first-order valence-corrected chi connectivity index (χ1v) is 9.38. The Morgan fingerprint density at radius 2 is 2.04 bits per heavy atom. The Balaban J connectivity index is 1.62. The molecular weight excluding hydrogens is 344 g/mol. The number of nitrogens with zero attached hydrogens (tertiary/aromatic N) is 1.